The molecule has 18 heavy (non-hydrogen) atoms. The van der Waals surface area contributed by atoms with Gasteiger partial charge in [0.05, 0.1) is 4.92 Å². The van der Waals surface area contributed by atoms with Crippen LogP contribution in [0.2, 0.25) is 0 Å². The molecule has 6 heteroatoms. The number of aromatic nitrogens is 1. The van der Waals surface area contributed by atoms with Crippen molar-refractivity contribution in [2.75, 3.05) is 25.0 Å². The summed E-state index contributed by atoms with van der Waals surface area (Å²) in [7, 11) is 0. The van der Waals surface area contributed by atoms with Crippen LogP contribution in [-0.4, -0.2) is 40.5 Å². The van der Waals surface area contributed by atoms with Crippen LogP contribution in [0.3, 0.4) is 0 Å². The van der Waals surface area contributed by atoms with E-state index in [1.807, 2.05) is 0 Å². The van der Waals surface area contributed by atoms with E-state index in [1.165, 1.54) is 18.9 Å². The Balaban J connectivity index is 1.78. The fraction of sp³-hybridized carbons (Fsp3) is 0.583. The molecule has 2 bridgehead atoms. The van der Waals surface area contributed by atoms with E-state index in [1.54, 1.807) is 12.3 Å². The minimum absolute atomic E-state index is 0.0638. The molecule has 3 saturated heterocycles. The molecular formula is C12H16N4O2. The van der Waals surface area contributed by atoms with Crippen LogP contribution in [0.15, 0.2) is 18.3 Å². The molecule has 6 nitrogen and oxygen atoms in total. The SMILES string of the molecule is O=[N+]([O-])c1cccnc1NC1CN2CCC1CC2. The lowest BCUT2D eigenvalue weighted by atomic mass is 9.84. The van der Waals surface area contributed by atoms with Crippen LogP contribution in [0.5, 0.6) is 0 Å². The maximum absolute atomic E-state index is 10.9. The molecule has 0 amide bonds. The van der Waals surface area contributed by atoms with Crippen LogP contribution >= 0.6 is 0 Å². The average molecular weight is 248 g/mol. The topological polar surface area (TPSA) is 71.3 Å². The number of hydrogen-bond donors (Lipinski definition) is 1. The maximum Gasteiger partial charge on any atom is 0.311 e. The number of rotatable bonds is 3. The van der Waals surface area contributed by atoms with Gasteiger partial charge in [-0.2, -0.15) is 0 Å². The molecule has 1 unspecified atom stereocenters. The molecule has 4 heterocycles. The minimum atomic E-state index is -0.378. The molecule has 0 radical (unpaired) electrons. The van der Waals surface area contributed by atoms with Gasteiger partial charge in [-0.1, -0.05) is 0 Å². The fourth-order valence-electron chi connectivity index (χ4n) is 2.96. The standard InChI is InChI=1S/C12H16N4O2/c17-16(18)11-2-1-5-13-12(11)14-10-8-15-6-3-9(10)4-7-15/h1-2,5,9-10H,3-4,6-8H2,(H,13,14). The summed E-state index contributed by atoms with van der Waals surface area (Å²) in [6.45, 7) is 3.29. The highest BCUT2D eigenvalue weighted by Gasteiger charge is 2.35. The summed E-state index contributed by atoms with van der Waals surface area (Å²) in [6.07, 6.45) is 3.95. The molecule has 3 aliphatic heterocycles. The van der Waals surface area contributed by atoms with E-state index in [0.717, 1.165) is 19.6 Å². The van der Waals surface area contributed by atoms with Crippen molar-refractivity contribution in [3.05, 3.63) is 28.4 Å². The number of pyridine rings is 1. The molecule has 3 aliphatic rings. The number of hydrogen-bond acceptors (Lipinski definition) is 5. The summed E-state index contributed by atoms with van der Waals surface area (Å²) < 4.78 is 0. The molecule has 3 fully saturated rings. The van der Waals surface area contributed by atoms with Crippen molar-refractivity contribution < 1.29 is 4.92 Å². The average Bonchev–Trinajstić information content (AvgIpc) is 2.40. The third-order valence-corrected chi connectivity index (χ3v) is 3.96. The first kappa shape index (κ1) is 11.4. The Hall–Kier alpha value is -1.69. The summed E-state index contributed by atoms with van der Waals surface area (Å²) in [5.41, 5.74) is 0.0638. The molecule has 0 spiro atoms. The van der Waals surface area contributed by atoms with Gasteiger partial charge in [-0.25, -0.2) is 4.98 Å². The Morgan fingerprint density at radius 2 is 2.22 bits per heavy atom. The molecule has 0 aromatic carbocycles. The van der Waals surface area contributed by atoms with Crippen molar-refractivity contribution in [1.29, 1.82) is 0 Å². The van der Waals surface area contributed by atoms with Gasteiger partial charge in [0.25, 0.3) is 0 Å². The van der Waals surface area contributed by atoms with Gasteiger partial charge < -0.3 is 10.2 Å². The van der Waals surface area contributed by atoms with E-state index in [9.17, 15) is 10.1 Å². The largest absolute Gasteiger partial charge is 0.360 e. The van der Waals surface area contributed by atoms with Gasteiger partial charge in [-0.05, 0) is 37.9 Å². The van der Waals surface area contributed by atoms with E-state index in [0.29, 0.717) is 17.8 Å². The summed E-state index contributed by atoms with van der Waals surface area (Å²) in [5, 5.41) is 14.2. The summed E-state index contributed by atoms with van der Waals surface area (Å²) in [4.78, 5) is 17.1. The van der Waals surface area contributed by atoms with Gasteiger partial charge in [0.1, 0.15) is 0 Å². The summed E-state index contributed by atoms with van der Waals surface area (Å²) in [6, 6.07) is 3.39. The van der Waals surface area contributed by atoms with E-state index in [-0.39, 0.29) is 10.6 Å². The van der Waals surface area contributed by atoms with Crippen LogP contribution in [0.4, 0.5) is 11.5 Å². The van der Waals surface area contributed by atoms with Crippen molar-refractivity contribution in [2.24, 2.45) is 5.92 Å². The molecule has 1 aromatic heterocycles. The van der Waals surface area contributed by atoms with Crippen LogP contribution in [0.25, 0.3) is 0 Å². The molecular weight excluding hydrogens is 232 g/mol. The van der Waals surface area contributed by atoms with Crippen LogP contribution in [0, 0.1) is 16.0 Å². The van der Waals surface area contributed by atoms with E-state index >= 15 is 0 Å². The number of fused-ring (bicyclic) bond motifs is 3. The lowest BCUT2D eigenvalue weighted by Crippen LogP contribution is -2.53. The third kappa shape index (κ3) is 2.03. The van der Waals surface area contributed by atoms with Gasteiger partial charge in [-0.15, -0.1) is 0 Å². The maximum atomic E-state index is 10.9. The number of nitrogens with one attached hydrogen (secondary N) is 1. The first-order valence-electron chi connectivity index (χ1n) is 6.32. The number of nitrogens with zero attached hydrogens (tertiary/aromatic N) is 3. The van der Waals surface area contributed by atoms with Gasteiger partial charge >= 0.3 is 5.69 Å². The Morgan fingerprint density at radius 1 is 1.44 bits per heavy atom. The molecule has 0 aliphatic carbocycles. The van der Waals surface area contributed by atoms with Gasteiger partial charge in [0, 0.05) is 24.8 Å². The Bertz CT molecular complexity index is 457. The number of anilines is 1. The molecule has 96 valence electrons. The summed E-state index contributed by atoms with van der Waals surface area (Å²) >= 11 is 0. The fourth-order valence-corrected chi connectivity index (χ4v) is 2.96. The summed E-state index contributed by atoms with van der Waals surface area (Å²) in [5.74, 6) is 1.03. The normalized spacial score (nSPS) is 30.1. The van der Waals surface area contributed by atoms with Crippen LogP contribution in [0.1, 0.15) is 12.8 Å². The third-order valence-electron chi connectivity index (χ3n) is 3.96. The van der Waals surface area contributed by atoms with Gasteiger partial charge in [-0.3, -0.25) is 10.1 Å². The molecule has 1 aromatic rings. The highest BCUT2D eigenvalue weighted by Crippen LogP contribution is 2.31. The second-order valence-electron chi connectivity index (χ2n) is 5.02. The van der Waals surface area contributed by atoms with E-state index < -0.39 is 0 Å². The second kappa shape index (κ2) is 4.53. The van der Waals surface area contributed by atoms with Crippen LogP contribution in [-0.2, 0) is 0 Å². The molecule has 1 atom stereocenters. The van der Waals surface area contributed by atoms with Crippen LogP contribution < -0.4 is 5.32 Å². The highest BCUT2D eigenvalue weighted by molar-refractivity contribution is 5.55. The molecule has 0 saturated carbocycles. The van der Waals surface area contributed by atoms with Crippen molar-refractivity contribution in [3.8, 4) is 0 Å². The smallest absolute Gasteiger partial charge is 0.311 e. The van der Waals surface area contributed by atoms with Gasteiger partial charge in [0.2, 0.25) is 5.82 Å². The Morgan fingerprint density at radius 3 is 2.83 bits per heavy atom. The van der Waals surface area contributed by atoms with E-state index in [4.69, 9.17) is 0 Å². The molecule has 4 rings (SSSR count). The lowest BCUT2D eigenvalue weighted by molar-refractivity contribution is -0.384. The Labute approximate surface area is 105 Å². The highest BCUT2D eigenvalue weighted by atomic mass is 16.6. The first-order valence-corrected chi connectivity index (χ1v) is 6.32. The van der Waals surface area contributed by atoms with Crippen molar-refractivity contribution in [3.63, 3.8) is 0 Å². The van der Waals surface area contributed by atoms with Crippen molar-refractivity contribution in [1.82, 2.24) is 9.88 Å². The lowest BCUT2D eigenvalue weighted by Gasteiger charge is -2.45. The number of nitro groups is 1. The zero-order chi connectivity index (χ0) is 12.5. The first-order chi connectivity index (χ1) is 8.74. The number of piperidine rings is 3. The van der Waals surface area contributed by atoms with E-state index in [2.05, 4.69) is 15.2 Å². The molecule has 1 N–H and O–H groups in total. The van der Waals surface area contributed by atoms with Crippen molar-refractivity contribution in [2.45, 2.75) is 18.9 Å². The second-order valence-corrected chi connectivity index (χ2v) is 5.02. The zero-order valence-corrected chi connectivity index (χ0v) is 10.1. The quantitative estimate of drug-likeness (QED) is 0.648. The predicted molar refractivity (Wildman–Crippen MR) is 67.5 cm³/mol. The Kier molecular flexibility index (Phi) is 2.87. The minimum Gasteiger partial charge on any atom is -0.360 e. The predicted octanol–water partition coefficient (Wildman–Crippen LogP) is 1.50. The van der Waals surface area contributed by atoms with Gasteiger partial charge in [0.15, 0.2) is 0 Å². The monoisotopic (exact) mass is 248 g/mol. The zero-order valence-electron chi connectivity index (χ0n) is 10.1. The van der Waals surface area contributed by atoms with Crippen molar-refractivity contribution >= 4 is 11.5 Å².